The minimum atomic E-state index is -1.60. The topological polar surface area (TPSA) is 27.7 Å². The van der Waals surface area contributed by atoms with E-state index >= 15 is 0 Å². The number of hydrogen-bond acceptors (Lipinski definition) is 3. The first-order chi connectivity index (χ1) is 10.5. The Hall–Kier alpha value is -0.106. The molecule has 0 fully saturated rings. The highest BCUT2D eigenvalue weighted by Crippen LogP contribution is 2.29. The molecule has 0 aromatic carbocycles. The van der Waals surface area contributed by atoms with E-state index in [4.69, 9.17) is 13.6 Å². The minimum absolute atomic E-state index is 0.0491. The maximum absolute atomic E-state index is 6.59. The second-order valence-corrected chi connectivity index (χ2v) is 15.9. The van der Waals surface area contributed by atoms with Crippen molar-refractivity contribution in [3.8, 4) is 0 Å². The van der Waals surface area contributed by atoms with Crippen molar-refractivity contribution in [2.45, 2.75) is 90.0 Å². The Morgan fingerprint density at radius 2 is 1.32 bits per heavy atom. The largest absolute Gasteiger partial charge is 0.493 e. The Bertz CT molecular complexity index is 322. The van der Waals surface area contributed by atoms with Crippen LogP contribution in [0.2, 0.25) is 36.3 Å². The van der Waals surface area contributed by atoms with E-state index in [1.807, 2.05) is 6.26 Å². The normalized spacial score (nSPS) is 22.1. The molecule has 1 aliphatic heterocycles. The van der Waals surface area contributed by atoms with E-state index in [2.05, 4.69) is 47.6 Å². The fraction of sp³-hybridized carbons (Fsp3) is 0.882. The predicted molar refractivity (Wildman–Crippen MR) is 99.2 cm³/mol. The van der Waals surface area contributed by atoms with Gasteiger partial charge in [0.25, 0.3) is 0 Å². The second kappa shape index (κ2) is 9.25. The van der Waals surface area contributed by atoms with Gasteiger partial charge in [0.05, 0.1) is 12.9 Å². The van der Waals surface area contributed by atoms with Gasteiger partial charge in [-0.15, -0.1) is 0 Å². The predicted octanol–water partition coefficient (Wildman–Crippen LogP) is 5.31. The summed E-state index contributed by atoms with van der Waals surface area (Å²) in [5, 5.41) is 0. The van der Waals surface area contributed by atoms with Crippen LogP contribution >= 0.6 is 0 Å². The third-order valence-electron chi connectivity index (χ3n) is 5.69. The first-order valence-corrected chi connectivity index (χ1v) is 14.2. The standard InChI is InChI=1S/C17H36O3Si2/c1-7-21(8-2,9-3)19-15-17-16(13-14-18-17)20-22(10-4,11-5)12-6/h13-14,16-17H,7-12,15H2,1-6H3/t16-,17+/m0/s1. The van der Waals surface area contributed by atoms with Crippen molar-refractivity contribution in [2.75, 3.05) is 6.61 Å². The Labute approximate surface area is 139 Å². The highest BCUT2D eigenvalue weighted by Gasteiger charge is 2.38. The van der Waals surface area contributed by atoms with Gasteiger partial charge in [0, 0.05) is 0 Å². The zero-order valence-corrected chi connectivity index (χ0v) is 17.5. The summed E-state index contributed by atoms with van der Waals surface area (Å²) in [5.41, 5.74) is 0. The highest BCUT2D eigenvalue weighted by molar-refractivity contribution is 6.74. The van der Waals surface area contributed by atoms with E-state index in [1.165, 1.54) is 36.3 Å². The van der Waals surface area contributed by atoms with E-state index < -0.39 is 16.6 Å². The molecule has 0 aliphatic carbocycles. The number of rotatable bonds is 11. The van der Waals surface area contributed by atoms with Crippen LogP contribution in [-0.2, 0) is 13.6 Å². The molecule has 0 amide bonds. The molecule has 0 aromatic rings. The quantitative estimate of drug-likeness (QED) is 0.475. The first kappa shape index (κ1) is 19.9. The molecule has 3 nitrogen and oxygen atoms in total. The number of hydrogen-bond donors (Lipinski definition) is 0. The van der Waals surface area contributed by atoms with Crippen LogP contribution in [0.15, 0.2) is 12.3 Å². The van der Waals surface area contributed by atoms with Crippen molar-refractivity contribution in [1.82, 2.24) is 0 Å². The van der Waals surface area contributed by atoms with Gasteiger partial charge in [-0.1, -0.05) is 41.5 Å². The van der Waals surface area contributed by atoms with Crippen LogP contribution < -0.4 is 0 Å². The van der Waals surface area contributed by atoms with Crippen LogP contribution in [0.4, 0.5) is 0 Å². The third-order valence-corrected chi connectivity index (χ3v) is 15.0. The number of ether oxygens (including phenoxy) is 1. The molecule has 0 saturated heterocycles. The van der Waals surface area contributed by atoms with E-state index in [0.717, 1.165) is 0 Å². The Kier molecular flexibility index (Phi) is 8.39. The summed E-state index contributed by atoms with van der Waals surface area (Å²) in [4.78, 5) is 0. The maximum Gasteiger partial charge on any atom is 0.193 e. The average molecular weight is 345 g/mol. The fourth-order valence-corrected chi connectivity index (χ4v) is 8.72. The summed E-state index contributed by atoms with van der Waals surface area (Å²) >= 11 is 0. The molecule has 0 N–H and O–H groups in total. The van der Waals surface area contributed by atoms with Crippen molar-refractivity contribution >= 4 is 16.6 Å². The first-order valence-electron chi connectivity index (χ1n) is 9.18. The summed E-state index contributed by atoms with van der Waals surface area (Å²) in [5.74, 6) is 0. The molecule has 1 aliphatic rings. The average Bonchev–Trinajstić information content (AvgIpc) is 3.01. The van der Waals surface area contributed by atoms with Crippen LogP contribution in [0, 0.1) is 0 Å². The maximum atomic E-state index is 6.59. The lowest BCUT2D eigenvalue weighted by Gasteiger charge is -2.35. The Balaban J connectivity index is 2.65. The summed E-state index contributed by atoms with van der Waals surface area (Å²) < 4.78 is 18.8. The molecular formula is C17H36O3Si2. The fourth-order valence-electron chi connectivity index (χ4n) is 3.28. The summed E-state index contributed by atoms with van der Waals surface area (Å²) in [6.45, 7) is 14.3. The van der Waals surface area contributed by atoms with Crippen molar-refractivity contribution < 1.29 is 13.6 Å². The molecule has 22 heavy (non-hydrogen) atoms. The minimum Gasteiger partial charge on any atom is -0.493 e. The summed E-state index contributed by atoms with van der Waals surface area (Å²) in [6.07, 6.45) is 4.03. The van der Waals surface area contributed by atoms with Gasteiger partial charge in [-0.25, -0.2) is 0 Å². The van der Waals surface area contributed by atoms with Crippen LogP contribution in [0.5, 0.6) is 0 Å². The lowest BCUT2D eigenvalue weighted by Crippen LogP contribution is -2.45. The molecule has 0 radical (unpaired) electrons. The molecule has 0 spiro atoms. The SMILES string of the molecule is CC[Si](CC)(CC)OC[C@H]1OC=C[C@@H]1O[Si](CC)(CC)CC. The zero-order valence-electron chi connectivity index (χ0n) is 15.5. The molecule has 0 bridgehead atoms. The third kappa shape index (κ3) is 4.69. The summed E-state index contributed by atoms with van der Waals surface area (Å²) in [7, 11) is -3.15. The zero-order chi connectivity index (χ0) is 16.6. The van der Waals surface area contributed by atoms with Gasteiger partial charge in [-0.2, -0.15) is 0 Å². The molecule has 5 heteroatoms. The molecule has 0 unspecified atom stereocenters. The molecule has 2 atom stereocenters. The van der Waals surface area contributed by atoms with Gasteiger partial charge in [0.1, 0.15) is 12.2 Å². The molecule has 0 aromatic heterocycles. The second-order valence-electron chi connectivity index (χ2n) is 6.38. The Morgan fingerprint density at radius 1 is 0.818 bits per heavy atom. The lowest BCUT2D eigenvalue weighted by molar-refractivity contribution is 0.0319. The van der Waals surface area contributed by atoms with Crippen LogP contribution in [0.25, 0.3) is 0 Å². The molecule has 1 rings (SSSR count). The lowest BCUT2D eigenvalue weighted by atomic mass is 10.2. The van der Waals surface area contributed by atoms with E-state index in [0.29, 0.717) is 6.61 Å². The van der Waals surface area contributed by atoms with Gasteiger partial charge in [0.2, 0.25) is 0 Å². The molecular weight excluding hydrogens is 308 g/mol. The van der Waals surface area contributed by atoms with E-state index in [9.17, 15) is 0 Å². The van der Waals surface area contributed by atoms with Crippen LogP contribution in [0.3, 0.4) is 0 Å². The van der Waals surface area contributed by atoms with Crippen molar-refractivity contribution in [3.63, 3.8) is 0 Å². The molecule has 130 valence electrons. The van der Waals surface area contributed by atoms with Crippen molar-refractivity contribution in [1.29, 1.82) is 0 Å². The highest BCUT2D eigenvalue weighted by atomic mass is 28.4. The van der Waals surface area contributed by atoms with Gasteiger partial charge in [-0.05, 0) is 42.3 Å². The molecule has 1 heterocycles. The van der Waals surface area contributed by atoms with E-state index in [1.54, 1.807) is 0 Å². The van der Waals surface area contributed by atoms with E-state index in [-0.39, 0.29) is 12.2 Å². The van der Waals surface area contributed by atoms with Crippen LogP contribution in [0.1, 0.15) is 41.5 Å². The van der Waals surface area contributed by atoms with Gasteiger partial charge in [0.15, 0.2) is 16.6 Å². The van der Waals surface area contributed by atoms with Crippen molar-refractivity contribution in [2.24, 2.45) is 0 Å². The monoisotopic (exact) mass is 344 g/mol. The molecule has 0 saturated carbocycles. The Morgan fingerprint density at radius 3 is 1.77 bits per heavy atom. The van der Waals surface area contributed by atoms with Crippen LogP contribution in [-0.4, -0.2) is 35.4 Å². The van der Waals surface area contributed by atoms with Gasteiger partial charge >= 0.3 is 0 Å². The van der Waals surface area contributed by atoms with Gasteiger partial charge in [-0.3, -0.25) is 0 Å². The smallest absolute Gasteiger partial charge is 0.193 e. The van der Waals surface area contributed by atoms with Crippen molar-refractivity contribution in [3.05, 3.63) is 12.3 Å². The summed E-state index contributed by atoms with van der Waals surface area (Å²) in [6, 6.07) is 7.08. The van der Waals surface area contributed by atoms with Gasteiger partial charge < -0.3 is 13.6 Å².